The van der Waals surface area contributed by atoms with Crippen molar-refractivity contribution in [3.05, 3.63) is 71.4 Å². The molecule has 170 valence electrons. The lowest BCUT2D eigenvalue weighted by molar-refractivity contribution is -0.137. The molecule has 0 saturated heterocycles. The molecule has 0 aliphatic carbocycles. The monoisotopic (exact) mass is 458 g/mol. The smallest absolute Gasteiger partial charge is 0.419 e. The Morgan fingerprint density at radius 2 is 1.79 bits per heavy atom. The summed E-state index contributed by atoms with van der Waals surface area (Å²) >= 11 is 0. The van der Waals surface area contributed by atoms with Crippen molar-refractivity contribution >= 4 is 29.0 Å². The Morgan fingerprint density at radius 3 is 2.55 bits per heavy atom. The van der Waals surface area contributed by atoms with E-state index < -0.39 is 29.2 Å². The van der Waals surface area contributed by atoms with Crippen LogP contribution in [0.4, 0.5) is 30.4 Å². The summed E-state index contributed by atoms with van der Waals surface area (Å²) in [5, 5.41) is 5.06. The predicted octanol–water partition coefficient (Wildman–Crippen LogP) is 3.85. The summed E-state index contributed by atoms with van der Waals surface area (Å²) in [5.74, 6) is -0.335. The highest BCUT2D eigenvalue weighted by molar-refractivity contribution is 5.99. The molecule has 0 spiro atoms. The second kappa shape index (κ2) is 8.69. The molecule has 0 saturated carbocycles. The lowest BCUT2D eigenvalue weighted by Gasteiger charge is -2.17. The number of hydrogen-bond acceptors (Lipinski definition) is 6. The molecule has 2 aromatic carbocycles. The number of aromatic nitrogens is 1. The van der Waals surface area contributed by atoms with Gasteiger partial charge in [0, 0.05) is 12.3 Å². The van der Waals surface area contributed by atoms with E-state index in [9.17, 15) is 22.8 Å². The van der Waals surface area contributed by atoms with E-state index in [0.29, 0.717) is 23.3 Å². The quantitative estimate of drug-likeness (QED) is 0.517. The van der Waals surface area contributed by atoms with Crippen molar-refractivity contribution < 1.29 is 32.2 Å². The number of hydrogen-bond donors (Lipinski definition) is 3. The van der Waals surface area contributed by atoms with Gasteiger partial charge in [0.05, 0.1) is 28.9 Å². The van der Waals surface area contributed by atoms with Gasteiger partial charge in [0.2, 0.25) is 12.7 Å². The number of para-hydroxylation sites is 1. The summed E-state index contributed by atoms with van der Waals surface area (Å²) < 4.78 is 51.0. The number of nitrogens with zero attached hydrogens (tertiary/aromatic N) is 1. The Morgan fingerprint density at radius 1 is 1.03 bits per heavy atom. The van der Waals surface area contributed by atoms with Crippen molar-refractivity contribution in [2.75, 3.05) is 17.4 Å². The van der Waals surface area contributed by atoms with Crippen LogP contribution in [0.15, 0.2) is 54.7 Å². The van der Waals surface area contributed by atoms with E-state index in [1.165, 1.54) is 24.3 Å². The van der Waals surface area contributed by atoms with Crippen LogP contribution in [0.25, 0.3) is 0 Å². The summed E-state index contributed by atoms with van der Waals surface area (Å²) in [6.45, 7) is 0.0924. The van der Waals surface area contributed by atoms with Crippen LogP contribution in [0.1, 0.15) is 21.5 Å². The first-order valence-electron chi connectivity index (χ1n) is 9.62. The molecule has 3 aromatic rings. The fourth-order valence-electron chi connectivity index (χ4n) is 3.23. The second-order valence-corrected chi connectivity index (χ2v) is 7.06. The number of pyridine rings is 1. The molecule has 0 fully saturated rings. The van der Waals surface area contributed by atoms with Crippen LogP contribution in [0.2, 0.25) is 0 Å². The number of alkyl halides is 3. The third-order valence-electron chi connectivity index (χ3n) is 4.74. The molecule has 11 heteroatoms. The van der Waals surface area contributed by atoms with Gasteiger partial charge < -0.3 is 25.8 Å². The van der Waals surface area contributed by atoms with Gasteiger partial charge in [0.15, 0.2) is 11.5 Å². The minimum absolute atomic E-state index is 0.0100. The number of nitrogens with one attached hydrogen (secondary N) is 2. The van der Waals surface area contributed by atoms with Crippen LogP contribution in [0, 0.1) is 0 Å². The minimum atomic E-state index is -4.73. The number of halogens is 3. The number of rotatable bonds is 6. The molecule has 0 radical (unpaired) electrons. The molecule has 1 aromatic heterocycles. The maximum absolute atomic E-state index is 13.5. The predicted molar refractivity (Wildman–Crippen MR) is 112 cm³/mol. The van der Waals surface area contributed by atoms with Gasteiger partial charge in [-0.05, 0) is 29.8 Å². The molecular formula is C22H17F3N4O4. The van der Waals surface area contributed by atoms with Crippen LogP contribution in [0.5, 0.6) is 11.5 Å². The number of nitrogens with two attached hydrogens (primary N) is 1. The van der Waals surface area contributed by atoms with Gasteiger partial charge in [-0.25, -0.2) is 4.98 Å². The van der Waals surface area contributed by atoms with E-state index >= 15 is 0 Å². The van der Waals surface area contributed by atoms with Gasteiger partial charge >= 0.3 is 6.18 Å². The molecule has 0 unspecified atom stereocenters. The molecule has 1 aliphatic rings. The Balaban J connectivity index is 1.57. The zero-order valence-electron chi connectivity index (χ0n) is 16.9. The number of primary amides is 1. The van der Waals surface area contributed by atoms with Crippen LogP contribution < -0.4 is 25.8 Å². The fraction of sp³-hybridized carbons (Fsp3) is 0.136. The molecule has 33 heavy (non-hydrogen) atoms. The summed E-state index contributed by atoms with van der Waals surface area (Å²) in [4.78, 5) is 27.8. The average molecular weight is 458 g/mol. The Bertz CT molecular complexity index is 1230. The van der Waals surface area contributed by atoms with E-state index in [0.717, 1.165) is 6.07 Å². The maximum atomic E-state index is 13.5. The van der Waals surface area contributed by atoms with Crippen LogP contribution >= 0.6 is 0 Å². The second-order valence-electron chi connectivity index (χ2n) is 7.06. The highest BCUT2D eigenvalue weighted by atomic mass is 19.4. The minimum Gasteiger partial charge on any atom is -0.454 e. The van der Waals surface area contributed by atoms with Crippen molar-refractivity contribution in [2.45, 2.75) is 12.6 Å². The normalized spacial score (nSPS) is 12.3. The van der Waals surface area contributed by atoms with E-state index in [4.69, 9.17) is 15.2 Å². The lowest BCUT2D eigenvalue weighted by atomic mass is 10.1. The number of carbonyl (C=O) groups is 2. The van der Waals surface area contributed by atoms with Crippen LogP contribution in [-0.4, -0.2) is 23.6 Å². The number of benzene rings is 2. The molecule has 4 N–H and O–H groups in total. The first kappa shape index (κ1) is 21.9. The molecule has 1 aliphatic heterocycles. The summed E-state index contributed by atoms with van der Waals surface area (Å²) in [6.07, 6.45) is -4.19. The van der Waals surface area contributed by atoms with Gasteiger partial charge in [0.1, 0.15) is 5.82 Å². The summed E-state index contributed by atoms with van der Waals surface area (Å²) in [6, 6.07) is 11.9. The zero-order chi connectivity index (χ0) is 23.6. The average Bonchev–Trinajstić information content (AvgIpc) is 3.21. The Labute approximate surface area is 185 Å². The third kappa shape index (κ3) is 4.97. The van der Waals surface area contributed by atoms with Gasteiger partial charge in [-0.1, -0.05) is 18.2 Å². The van der Waals surface area contributed by atoms with Crippen molar-refractivity contribution in [3.8, 4) is 11.5 Å². The standard InChI is InChI=1S/C22H17F3N4O4/c23-22(24,25)14-10-27-19(9-16(14)28-15-4-2-1-3-13(15)21(26)31)29-20(30)8-12-5-6-17-18(7-12)33-11-32-17/h1-7,9-10H,8,11H2,(H2,26,31)(H2,27,28,29,30). The van der Waals surface area contributed by atoms with Crippen molar-refractivity contribution in [1.82, 2.24) is 4.98 Å². The molecule has 2 heterocycles. The number of fused-ring (bicyclic) bond motifs is 1. The molecular weight excluding hydrogens is 441 g/mol. The number of carbonyl (C=O) groups excluding carboxylic acids is 2. The Kier molecular flexibility index (Phi) is 5.78. The zero-order valence-corrected chi connectivity index (χ0v) is 16.9. The first-order valence-corrected chi connectivity index (χ1v) is 9.62. The fourth-order valence-corrected chi connectivity index (χ4v) is 3.23. The number of amides is 2. The van der Waals surface area contributed by atoms with Gasteiger partial charge in [-0.3, -0.25) is 9.59 Å². The molecule has 0 atom stereocenters. The van der Waals surface area contributed by atoms with Crippen LogP contribution in [0.3, 0.4) is 0 Å². The summed E-state index contributed by atoms with van der Waals surface area (Å²) in [5.41, 5.74) is 4.55. The molecule has 2 amide bonds. The van der Waals surface area contributed by atoms with E-state index in [1.807, 2.05) is 0 Å². The molecule has 0 bridgehead atoms. The van der Waals surface area contributed by atoms with Crippen molar-refractivity contribution in [2.24, 2.45) is 5.73 Å². The topological polar surface area (TPSA) is 116 Å². The maximum Gasteiger partial charge on any atom is 0.419 e. The van der Waals surface area contributed by atoms with Gasteiger partial charge in [-0.2, -0.15) is 13.2 Å². The SMILES string of the molecule is NC(=O)c1ccccc1Nc1cc(NC(=O)Cc2ccc3c(c2)OCO3)ncc1C(F)(F)F. The third-order valence-corrected chi connectivity index (χ3v) is 4.74. The van der Waals surface area contributed by atoms with E-state index in [-0.39, 0.29) is 30.3 Å². The first-order chi connectivity index (χ1) is 15.7. The largest absolute Gasteiger partial charge is 0.454 e. The molecule has 4 rings (SSSR count). The van der Waals surface area contributed by atoms with E-state index in [2.05, 4.69) is 15.6 Å². The number of anilines is 3. The van der Waals surface area contributed by atoms with E-state index in [1.54, 1.807) is 18.2 Å². The highest BCUT2D eigenvalue weighted by Gasteiger charge is 2.34. The van der Waals surface area contributed by atoms with Crippen molar-refractivity contribution in [1.29, 1.82) is 0 Å². The van der Waals surface area contributed by atoms with Gasteiger partial charge in [0.25, 0.3) is 5.91 Å². The number of ether oxygens (including phenoxy) is 2. The lowest BCUT2D eigenvalue weighted by Crippen LogP contribution is -2.17. The van der Waals surface area contributed by atoms with Gasteiger partial charge in [-0.15, -0.1) is 0 Å². The summed E-state index contributed by atoms with van der Waals surface area (Å²) in [7, 11) is 0. The highest BCUT2D eigenvalue weighted by Crippen LogP contribution is 2.37. The molecule has 8 nitrogen and oxygen atoms in total. The van der Waals surface area contributed by atoms with Crippen LogP contribution in [-0.2, 0) is 17.4 Å². The van der Waals surface area contributed by atoms with Crippen molar-refractivity contribution in [3.63, 3.8) is 0 Å². The Hall–Kier alpha value is -4.28.